The van der Waals surface area contributed by atoms with Gasteiger partial charge in [0.2, 0.25) is 0 Å². The molecule has 1 unspecified atom stereocenters. The summed E-state index contributed by atoms with van der Waals surface area (Å²) in [5.74, 6) is 0. The van der Waals surface area contributed by atoms with E-state index in [-0.39, 0.29) is 5.41 Å². The van der Waals surface area contributed by atoms with Crippen LogP contribution in [0.3, 0.4) is 0 Å². The molecule has 4 rings (SSSR count). The lowest BCUT2D eigenvalue weighted by molar-refractivity contribution is 0.170. The van der Waals surface area contributed by atoms with Crippen LogP contribution in [0.4, 0.5) is 0 Å². The van der Waals surface area contributed by atoms with Crippen molar-refractivity contribution in [2.75, 3.05) is 13.1 Å². The van der Waals surface area contributed by atoms with Crippen molar-refractivity contribution in [3.8, 4) is 0 Å². The molecule has 0 aromatic heterocycles. The van der Waals surface area contributed by atoms with Crippen molar-refractivity contribution < 1.29 is 13.0 Å². The molecule has 32 heavy (non-hydrogen) atoms. The molecule has 3 aromatic carbocycles. The molecule has 0 spiro atoms. The third kappa shape index (κ3) is 5.29. The molecule has 4 nitrogen and oxygen atoms in total. The molecule has 1 heterocycles. The minimum atomic E-state index is -4.02. The van der Waals surface area contributed by atoms with Crippen LogP contribution in [0, 0.1) is 0 Å². The SMILES string of the molecule is CC(CCN1Cc2ccccc2C(Cc2ccccc2)(Cc2ccccc2)C1)S(=O)(=O)O. The molecule has 1 aliphatic heterocycles. The zero-order valence-electron chi connectivity index (χ0n) is 18.5. The molecule has 1 aliphatic rings. The average Bonchev–Trinajstić information content (AvgIpc) is 2.78. The molecule has 168 valence electrons. The molecular formula is C27H31NO3S. The summed E-state index contributed by atoms with van der Waals surface area (Å²) in [6, 6.07) is 29.9. The standard InChI is InChI=1S/C27H31NO3S/c1-22(32(29,30)31)16-17-28-20-25-14-8-9-15-26(25)27(21-28,18-23-10-4-2-5-11-23)19-24-12-6-3-7-13-24/h2-15,22H,16-21H2,1H3,(H,29,30,31). The van der Waals surface area contributed by atoms with E-state index in [9.17, 15) is 13.0 Å². The molecule has 3 aromatic rings. The van der Waals surface area contributed by atoms with Crippen LogP contribution in [0.25, 0.3) is 0 Å². The molecule has 0 aliphatic carbocycles. The van der Waals surface area contributed by atoms with E-state index in [2.05, 4.69) is 77.7 Å². The Morgan fingerprint density at radius 2 is 1.41 bits per heavy atom. The fraction of sp³-hybridized carbons (Fsp3) is 0.333. The Hall–Kier alpha value is -2.47. The molecule has 0 amide bonds. The Bertz CT molecular complexity index is 1090. The van der Waals surface area contributed by atoms with Gasteiger partial charge in [0.1, 0.15) is 0 Å². The molecule has 0 saturated carbocycles. The summed E-state index contributed by atoms with van der Waals surface area (Å²) in [5, 5.41) is -0.766. The van der Waals surface area contributed by atoms with Gasteiger partial charge in [-0.05, 0) is 55.0 Å². The summed E-state index contributed by atoms with van der Waals surface area (Å²) in [6.07, 6.45) is 2.22. The smallest absolute Gasteiger partial charge is 0.267 e. The van der Waals surface area contributed by atoms with Gasteiger partial charge in [0.25, 0.3) is 10.1 Å². The molecule has 1 atom stereocenters. The lowest BCUT2D eigenvalue weighted by atomic mass is 9.67. The van der Waals surface area contributed by atoms with E-state index in [1.807, 2.05) is 12.1 Å². The maximum Gasteiger partial charge on any atom is 0.267 e. The van der Waals surface area contributed by atoms with E-state index in [0.29, 0.717) is 13.0 Å². The summed E-state index contributed by atoms with van der Waals surface area (Å²) in [6.45, 7) is 3.83. The van der Waals surface area contributed by atoms with Crippen molar-refractivity contribution in [3.05, 3.63) is 107 Å². The molecular weight excluding hydrogens is 418 g/mol. The Morgan fingerprint density at radius 1 is 0.875 bits per heavy atom. The summed E-state index contributed by atoms with van der Waals surface area (Å²) in [5.41, 5.74) is 5.15. The van der Waals surface area contributed by atoms with Crippen LogP contribution in [0.5, 0.6) is 0 Å². The number of hydrogen-bond donors (Lipinski definition) is 1. The molecule has 0 radical (unpaired) electrons. The van der Waals surface area contributed by atoms with Gasteiger partial charge in [0, 0.05) is 18.5 Å². The van der Waals surface area contributed by atoms with Crippen LogP contribution in [0.15, 0.2) is 84.9 Å². The second-order valence-electron chi connectivity index (χ2n) is 9.09. The third-order valence-electron chi connectivity index (χ3n) is 6.64. The monoisotopic (exact) mass is 449 g/mol. The van der Waals surface area contributed by atoms with Gasteiger partial charge in [0.15, 0.2) is 0 Å². The predicted molar refractivity (Wildman–Crippen MR) is 129 cm³/mol. The first kappa shape index (κ1) is 22.7. The molecule has 5 heteroatoms. The summed E-state index contributed by atoms with van der Waals surface area (Å²) >= 11 is 0. The lowest BCUT2D eigenvalue weighted by Crippen LogP contribution is -2.49. The highest BCUT2D eigenvalue weighted by molar-refractivity contribution is 7.86. The highest BCUT2D eigenvalue weighted by atomic mass is 32.2. The van der Waals surface area contributed by atoms with Crippen LogP contribution in [0.2, 0.25) is 0 Å². The molecule has 0 bridgehead atoms. The van der Waals surface area contributed by atoms with Gasteiger partial charge in [-0.1, -0.05) is 84.9 Å². The molecule has 1 N–H and O–H groups in total. The first-order valence-corrected chi connectivity index (χ1v) is 12.7. The zero-order valence-corrected chi connectivity index (χ0v) is 19.3. The Labute approximate surface area is 191 Å². The van der Waals surface area contributed by atoms with Crippen LogP contribution in [-0.4, -0.2) is 36.2 Å². The number of benzene rings is 3. The fourth-order valence-electron chi connectivity index (χ4n) is 4.99. The van der Waals surface area contributed by atoms with Crippen LogP contribution >= 0.6 is 0 Å². The van der Waals surface area contributed by atoms with Crippen LogP contribution < -0.4 is 0 Å². The minimum Gasteiger partial charge on any atom is -0.298 e. The van der Waals surface area contributed by atoms with Crippen molar-refractivity contribution >= 4 is 10.1 Å². The lowest BCUT2D eigenvalue weighted by Gasteiger charge is -2.45. The first-order chi connectivity index (χ1) is 15.4. The summed E-state index contributed by atoms with van der Waals surface area (Å²) in [4.78, 5) is 2.36. The number of rotatable bonds is 8. The van der Waals surface area contributed by atoms with Crippen LogP contribution in [-0.2, 0) is 34.9 Å². The minimum absolute atomic E-state index is 0.126. The van der Waals surface area contributed by atoms with Gasteiger partial charge in [-0.2, -0.15) is 8.42 Å². The van der Waals surface area contributed by atoms with Crippen molar-refractivity contribution in [1.29, 1.82) is 0 Å². The highest BCUT2D eigenvalue weighted by Crippen LogP contribution is 2.39. The maximum atomic E-state index is 11.5. The Balaban J connectivity index is 1.71. The van der Waals surface area contributed by atoms with Crippen LogP contribution in [0.1, 0.15) is 35.6 Å². The average molecular weight is 450 g/mol. The van der Waals surface area contributed by atoms with Gasteiger partial charge in [-0.3, -0.25) is 9.45 Å². The topological polar surface area (TPSA) is 57.6 Å². The van der Waals surface area contributed by atoms with E-state index in [1.165, 1.54) is 22.3 Å². The quantitative estimate of drug-likeness (QED) is 0.498. The molecule has 0 fully saturated rings. The number of hydrogen-bond acceptors (Lipinski definition) is 3. The second kappa shape index (κ2) is 9.57. The summed E-state index contributed by atoms with van der Waals surface area (Å²) < 4.78 is 32.5. The van der Waals surface area contributed by atoms with Crippen molar-refractivity contribution in [2.45, 2.75) is 43.4 Å². The van der Waals surface area contributed by atoms with Gasteiger partial charge >= 0.3 is 0 Å². The summed E-state index contributed by atoms with van der Waals surface area (Å²) in [7, 11) is -4.02. The number of nitrogens with zero attached hydrogens (tertiary/aromatic N) is 1. The second-order valence-corrected chi connectivity index (χ2v) is 10.9. The highest BCUT2D eigenvalue weighted by Gasteiger charge is 2.40. The van der Waals surface area contributed by atoms with Crippen molar-refractivity contribution in [3.63, 3.8) is 0 Å². The predicted octanol–water partition coefficient (Wildman–Crippen LogP) is 4.89. The molecule has 0 saturated heterocycles. The van der Waals surface area contributed by atoms with Crippen molar-refractivity contribution in [1.82, 2.24) is 4.90 Å². The number of fused-ring (bicyclic) bond motifs is 1. The Morgan fingerprint density at radius 3 is 1.97 bits per heavy atom. The van der Waals surface area contributed by atoms with E-state index in [0.717, 1.165) is 25.9 Å². The first-order valence-electron chi connectivity index (χ1n) is 11.2. The third-order valence-corrected chi connectivity index (χ3v) is 7.89. The maximum absolute atomic E-state index is 11.5. The zero-order chi connectivity index (χ0) is 22.6. The van der Waals surface area contributed by atoms with Gasteiger partial charge in [-0.15, -0.1) is 0 Å². The normalized spacial score (nSPS) is 16.9. The Kier molecular flexibility index (Phi) is 6.79. The van der Waals surface area contributed by atoms with E-state index in [4.69, 9.17) is 0 Å². The largest absolute Gasteiger partial charge is 0.298 e. The van der Waals surface area contributed by atoms with Crippen molar-refractivity contribution in [2.24, 2.45) is 0 Å². The van der Waals surface area contributed by atoms with E-state index in [1.54, 1.807) is 6.92 Å². The fourth-order valence-corrected chi connectivity index (χ4v) is 5.40. The van der Waals surface area contributed by atoms with Gasteiger partial charge < -0.3 is 0 Å². The van der Waals surface area contributed by atoms with E-state index >= 15 is 0 Å². The van der Waals surface area contributed by atoms with Gasteiger partial charge in [0.05, 0.1) is 5.25 Å². The van der Waals surface area contributed by atoms with E-state index < -0.39 is 15.4 Å². The van der Waals surface area contributed by atoms with Gasteiger partial charge in [-0.25, -0.2) is 0 Å².